The molecule has 0 saturated heterocycles. The highest BCUT2D eigenvalue weighted by Crippen LogP contribution is 2.09. The zero-order valence-electron chi connectivity index (χ0n) is 17.6. The van der Waals surface area contributed by atoms with Gasteiger partial charge in [0.15, 0.2) is 5.96 Å². The Balaban J connectivity index is 1.87. The van der Waals surface area contributed by atoms with Crippen molar-refractivity contribution in [3.63, 3.8) is 0 Å². The lowest BCUT2D eigenvalue weighted by Crippen LogP contribution is -2.36. The van der Waals surface area contributed by atoms with Crippen molar-refractivity contribution in [3.8, 4) is 0 Å². The van der Waals surface area contributed by atoms with E-state index in [0.717, 1.165) is 17.7 Å². The van der Waals surface area contributed by atoms with Gasteiger partial charge in [0.2, 0.25) is 0 Å². The van der Waals surface area contributed by atoms with Crippen molar-refractivity contribution in [2.24, 2.45) is 4.99 Å². The second-order valence-corrected chi connectivity index (χ2v) is 7.12. The SMILES string of the molecule is CN=C(NCc1cccc(C(=O)NCCN(C)C)c1)NCc1ccc(F)c(C)c1. The number of carbonyl (C=O) groups is 1. The van der Waals surface area contributed by atoms with Crippen LogP contribution in [0.5, 0.6) is 0 Å². The number of guanidine groups is 1. The number of likely N-dealkylation sites (N-methyl/N-ethyl adjacent to an activating group) is 1. The Morgan fingerprint density at radius 3 is 2.34 bits per heavy atom. The van der Waals surface area contributed by atoms with Crippen LogP contribution in [0.1, 0.15) is 27.0 Å². The molecule has 0 heterocycles. The fourth-order valence-electron chi connectivity index (χ4n) is 2.73. The van der Waals surface area contributed by atoms with Crippen LogP contribution in [0.4, 0.5) is 4.39 Å². The monoisotopic (exact) mass is 399 g/mol. The van der Waals surface area contributed by atoms with Crippen LogP contribution in [0.25, 0.3) is 0 Å². The molecular formula is C22H30FN5O. The fourth-order valence-corrected chi connectivity index (χ4v) is 2.73. The Kier molecular flexibility index (Phi) is 8.61. The number of hydrogen-bond donors (Lipinski definition) is 3. The van der Waals surface area contributed by atoms with Crippen molar-refractivity contribution in [3.05, 3.63) is 70.5 Å². The summed E-state index contributed by atoms with van der Waals surface area (Å²) in [5.41, 5.74) is 3.20. The topological polar surface area (TPSA) is 68.8 Å². The standard InChI is InChI=1S/C22H30FN5O/c1-16-12-18(8-9-20(16)23)15-27-22(24-2)26-14-17-6-5-7-19(13-17)21(29)25-10-11-28(3)4/h5-9,12-13H,10-11,14-15H2,1-4H3,(H,25,29)(H2,24,26,27). The molecule has 1 amide bonds. The molecule has 0 saturated carbocycles. The lowest BCUT2D eigenvalue weighted by atomic mass is 10.1. The number of rotatable bonds is 8. The first-order chi connectivity index (χ1) is 13.9. The molecule has 0 aliphatic rings. The molecule has 0 aliphatic carbocycles. The average molecular weight is 400 g/mol. The van der Waals surface area contributed by atoms with Crippen molar-refractivity contribution in [1.82, 2.24) is 20.9 Å². The Morgan fingerprint density at radius 1 is 1.03 bits per heavy atom. The maximum atomic E-state index is 13.4. The van der Waals surface area contributed by atoms with Crippen molar-refractivity contribution >= 4 is 11.9 Å². The predicted octanol–water partition coefficient (Wildman–Crippen LogP) is 2.29. The predicted molar refractivity (Wildman–Crippen MR) is 116 cm³/mol. The van der Waals surface area contributed by atoms with Crippen LogP contribution in [0.3, 0.4) is 0 Å². The Labute approximate surface area is 172 Å². The van der Waals surface area contributed by atoms with E-state index >= 15 is 0 Å². The normalized spacial score (nSPS) is 11.4. The third-order valence-electron chi connectivity index (χ3n) is 4.40. The van der Waals surface area contributed by atoms with Crippen LogP contribution in [0, 0.1) is 12.7 Å². The number of hydrogen-bond acceptors (Lipinski definition) is 3. The number of nitrogens with one attached hydrogen (secondary N) is 3. The first kappa shape index (κ1) is 22.4. The van der Waals surface area contributed by atoms with E-state index in [4.69, 9.17) is 0 Å². The van der Waals surface area contributed by atoms with Gasteiger partial charge in [-0.25, -0.2) is 4.39 Å². The summed E-state index contributed by atoms with van der Waals surface area (Å²) in [6, 6.07) is 12.5. The highest BCUT2D eigenvalue weighted by atomic mass is 19.1. The number of benzene rings is 2. The summed E-state index contributed by atoms with van der Waals surface area (Å²) in [6.45, 7) is 4.21. The molecule has 0 aliphatic heterocycles. The molecule has 0 atom stereocenters. The Morgan fingerprint density at radius 2 is 1.72 bits per heavy atom. The molecule has 2 aromatic carbocycles. The third kappa shape index (κ3) is 7.54. The van der Waals surface area contributed by atoms with Crippen LogP contribution in [0.15, 0.2) is 47.5 Å². The molecule has 0 fully saturated rings. The van der Waals surface area contributed by atoms with Crippen LogP contribution in [-0.2, 0) is 13.1 Å². The van der Waals surface area contributed by atoms with Gasteiger partial charge in [0.1, 0.15) is 5.82 Å². The van der Waals surface area contributed by atoms with Crippen molar-refractivity contribution < 1.29 is 9.18 Å². The minimum Gasteiger partial charge on any atom is -0.352 e. The summed E-state index contributed by atoms with van der Waals surface area (Å²) in [6.07, 6.45) is 0. The second-order valence-electron chi connectivity index (χ2n) is 7.12. The van der Waals surface area contributed by atoms with Crippen molar-refractivity contribution in [2.75, 3.05) is 34.2 Å². The van der Waals surface area contributed by atoms with Crippen LogP contribution in [-0.4, -0.2) is 51.0 Å². The summed E-state index contributed by atoms with van der Waals surface area (Å²) in [4.78, 5) is 18.5. The van der Waals surface area contributed by atoms with E-state index in [9.17, 15) is 9.18 Å². The largest absolute Gasteiger partial charge is 0.352 e. The number of aryl methyl sites for hydroxylation is 1. The smallest absolute Gasteiger partial charge is 0.251 e. The zero-order chi connectivity index (χ0) is 21.2. The van der Waals surface area contributed by atoms with Gasteiger partial charge >= 0.3 is 0 Å². The van der Waals surface area contributed by atoms with Gasteiger partial charge in [0.05, 0.1) is 0 Å². The molecule has 156 valence electrons. The first-order valence-electron chi connectivity index (χ1n) is 9.60. The molecule has 0 unspecified atom stereocenters. The van der Waals surface area contributed by atoms with E-state index < -0.39 is 0 Å². The molecule has 29 heavy (non-hydrogen) atoms. The lowest BCUT2D eigenvalue weighted by Gasteiger charge is -2.13. The molecule has 0 radical (unpaired) electrons. The number of halogens is 1. The minimum atomic E-state index is -0.207. The van der Waals surface area contributed by atoms with E-state index in [1.54, 1.807) is 26.1 Å². The Bertz CT molecular complexity index is 851. The van der Waals surface area contributed by atoms with Crippen LogP contribution < -0.4 is 16.0 Å². The maximum absolute atomic E-state index is 13.4. The van der Waals surface area contributed by atoms with E-state index in [1.165, 1.54) is 6.07 Å². The molecule has 6 nitrogen and oxygen atoms in total. The van der Waals surface area contributed by atoms with Gasteiger partial charge in [0.25, 0.3) is 5.91 Å². The molecular weight excluding hydrogens is 369 g/mol. The zero-order valence-corrected chi connectivity index (χ0v) is 17.6. The van der Waals surface area contributed by atoms with Gasteiger partial charge in [-0.3, -0.25) is 9.79 Å². The third-order valence-corrected chi connectivity index (χ3v) is 4.40. The summed E-state index contributed by atoms with van der Waals surface area (Å²) < 4.78 is 13.4. The number of nitrogens with zero attached hydrogens (tertiary/aromatic N) is 2. The molecule has 0 aromatic heterocycles. The summed E-state index contributed by atoms with van der Waals surface area (Å²) in [5, 5.41) is 9.36. The molecule has 3 N–H and O–H groups in total. The van der Waals surface area contributed by atoms with E-state index in [1.807, 2.05) is 43.3 Å². The molecule has 7 heteroatoms. The van der Waals surface area contributed by atoms with Crippen molar-refractivity contribution in [2.45, 2.75) is 20.0 Å². The highest BCUT2D eigenvalue weighted by Gasteiger charge is 2.07. The summed E-state index contributed by atoms with van der Waals surface area (Å²) in [5.74, 6) is 0.345. The van der Waals surface area contributed by atoms with Crippen LogP contribution in [0.2, 0.25) is 0 Å². The number of aliphatic imine (C=N–C) groups is 1. The van der Waals surface area contributed by atoms with Gasteiger partial charge in [-0.1, -0.05) is 24.3 Å². The highest BCUT2D eigenvalue weighted by molar-refractivity contribution is 5.94. The van der Waals surface area contributed by atoms with Crippen LogP contribution >= 0.6 is 0 Å². The maximum Gasteiger partial charge on any atom is 0.251 e. The van der Waals surface area contributed by atoms with E-state index in [-0.39, 0.29) is 11.7 Å². The van der Waals surface area contributed by atoms with Crippen molar-refractivity contribution in [1.29, 1.82) is 0 Å². The van der Waals surface area contributed by atoms with E-state index in [0.29, 0.717) is 36.7 Å². The Hall–Kier alpha value is -2.93. The quantitative estimate of drug-likeness (QED) is 0.471. The van der Waals surface area contributed by atoms with Gasteiger partial charge in [-0.15, -0.1) is 0 Å². The summed E-state index contributed by atoms with van der Waals surface area (Å²) in [7, 11) is 5.63. The molecule has 0 spiro atoms. The molecule has 0 bridgehead atoms. The molecule has 2 rings (SSSR count). The summed E-state index contributed by atoms with van der Waals surface area (Å²) >= 11 is 0. The minimum absolute atomic E-state index is 0.0807. The van der Waals surface area contributed by atoms with Gasteiger partial charge < -0.3 is 20.9 Å². The number of carbonyl (C=O) groups excluding carboxylic acids is 1. The van der Waals surface area contributed by atoms with Gasteiger partial charge in [-0.2, -0.15) is 0 Å². The van der Waals surface area contributed by atoms with Gasteiger partial charge in [-0.05, 0) is 55.9 Å². The lowest BCUT2D eigenvalue weighted by molar-refractivity contribution is 0.0951. The van der Waals surface area contributed by atoms with E-state index in [2.05, 4.69) is 20.9 Å². The number of amides is 1. The van der Waals surface area contributed by atoms with Gasteiger partial charge in [0, 0.05) is 38.8 Å². The fraction of sp³-hybridized carbons (Fsp3) is 0.364. The first-order valence-corrected chi connectivity index (χ1v) is 9.60. The molecule has 2 aromatic rings. The average Bonchev–Trinajstić information content (AvgIpc) is 2.70. The second kappa shape index (κ2) is 11.2.